The number of fused-ring (bicyclic) bond motifs is 2. The van der Waals surface area contributed by atoms with Gasteiger partial charge in [0.25, 0.3) is 0 Å². The number of nitrogens with zero attached hydrogens (tertiary/aromatic N) is 4. The first-order chi connectivity index (χ1) is 13.2. The largest absolute Gasteiger partial charge is 0.490 e. The van der Waals surface area contributed by atoms with Gasteiger partial charge >= 0.3 is 12.1 Å². The van der Waals surface area contributed by atoms with E-state index >= 15 is 0 Å². The molecule has 3 aromatic heterocycles. The van der Waals surface area contributed by atoms with E-state index in [2.05, 4.69) is 25.6 Å². The van der Waals surface area contributed by atoms with Gasteiger partial charge in [-0.05, 0) is 29.5 Å². The fourth-order valence-corrected chi connectivity index (χ4v) is 2.42. The van der Waals surface area contributed by atoms with Gasteiger partial charge in [-0.1, -0.05) is 11.6 Å². The molecule has 2 N–H and O–H groups in total. The van der Waals surface area contributed by atoms with Gasteiger partial charge in [-0.25, -0.2) is 9.78 Å². The Morgan fingerprint density at radius 1 is 1.25 bits per heavy atom. The number of pyridine rings is 1. The molecule has 0 unspecified atom stereocenters. The lowest BCUT2D eigenvalue weighted by Gasteiger charge is -2.04. The number of carbonyl (C=O) groups is 1. The van der Waals surface area contributed by atoms with Crippen LogP contribution in [0.15, 0.2) is 39.7 Å². The normalized spacial score (nSPS) is 11.3. The predicted molar refractivity (Wildman–Crippen MR) is 89.7 cm³/mol. The van der Waals surface area contributed by atoms with Crippen molar-refractivity contribution < 1.29 is 27.5 Å². The summed E-state index contributed by atoms with van der Waals surface area (Å²) in [5, 5.41) is 21.8. The van der Waals surface area contributed by atoms with Crippen LogP contribution >= 0.6 is 11.6 Å². The highest BCUT2D eigenvalue weighted by Crippen LogP contribution is 2.29. The lowest BCUT2D eigenvalue weighted by Crippen LogP contribution is -2.21. The van der Waals surface area contributed by atoms with Crippen molar-refractivity contribution in [2.24, 2.45) is 0 Å². The lowest BCUT2D eigenvalue weighted by molar-refractivity contribution is -0.192. The first kappa shape index (κ1) is 19.2. The molecule has 13 heteroatoms. The molecule has 28 heavy (non-hydrogen) atoms. The van der Waals surface area contributed by atoms with Crippen LogP contribution in [0, 0.1) is 0 Å². The molecule has 0 bridgehead atoms. The number of carboxylic acids is 1. The van der Waals surface area contributed by atoms with Crippen LogP contribution in [0.1, 0.15) is 0 Å². The molecule has 4 aromatic rings. The molecule has 0 spiro atoms. The van der Waals surface area contributed by atoms with Crippen LogP contribution in [0.5, 0.6) is 0 Å². The molecule has 144 valence electrons. The number of aromatic amines is 1. The fraction of sp³-hybridized carbons (Fsp3) is 0.0667. The van der Waals surface area contributed by atoms with E-state index in [0.717, 1.165) is 0 Å². The summed E-state index contributed by atoms with van der Waals surface area (Å²) in [6, 6.07) is 6.58. The molecular formula is C15H7ClF3N5O4. The number of benzene rings is 1. The number of halogens is 4. The van der Waals surface area contributed by atoms with Crippen LogP contribution in [0.2, 0.25) is 5.02 Å². The van der Waals surface area contributed by atoms with Crippen molar-refractivity contribution in [1.82, 2.24) is 25.6 Å². The van der Waals surface area contributed by atoms with Gasteiger partial charge in [0, 0.05) is 11.8 Å². The maximum atomic E-state index is 12.5. The first-order valence-electron chi connectivity index (χ1n) is 7.23. The zero-order chi connectivity index (χ0) is 20.5. The Hall–Kier alpha value is -3.54. The number of tetrazole rings is 1. The highest BCUT2D eigenvalue weighted by atomic mass is 35.5. The van der Waals surface area contributed by atoms with E-state index < -0.39 is 12.1 Å². The molecule has 1 aromatic carbocycles. The van der Waals surface area contributed by atoms with E-state index in [4.69, 9.17) is 25.9 Å². The maximum Gasteiger partial charge on any atom is 0.490 e. The fourth-order valence-electron chi connectivity index (χ4n) is 2.17. The Kier molecular flexibility index (Phi) is 4.96. The number of hydrogen-bond donors (Lipinski definition) is 2. The van der Waals surface area contributed by atoms with Gasteiger partial charge in [0.1, 0.15) is 0 Å². The van der Waals surface area contributed by atoms with Crippen LogP contribution in [0.25, 0.3) is 33.5 Å². The summed E-state index contributed by atoms with van der Waals surface area (Å²) in [4.78, 5) is 25.5. The zero-order valence-electron chi connectivity index (χ0n) is 13.4. The summed E-state index contributed by atoms with van der Waals surface area (Å²) < 4.78 is 37.4. The minimum Gasteiger partial charge on any atom is -0.475 e. The number of alkyl halides is 3. The monoisotopic (exact) mass is 413 g/mol. The third kappa shape index (κ3) is 3.76. The molecule has 0 aliphatic heterocycles. The third-order valence-electron chi connectivity index (χ3n) is 3.35. The van der Waals surface area contributed by atoms with Crippen molar-refractivity contribution >= 4 is 39.6 Å². The number of carboxylic acid groups (broad SMARTS) is 1. The highest BCUT2D eigenvalue weighted by molar-refractivity contribution is 6.35. The van der Waals surface area contributed by atoms with Gasteiger partial charge in [0.2, 0.25) is 17.0 Å². The number of aromatic nitrogens is 5. The molecule has 0 aliphatic rings. The Labute approximate surface area is 156 Å². The second-order valence-corrected chi connectivity index (χ2v) is 5.57. The first-order valence-corrected chi connectivity index (χ1v) is 7.61. The predicted octanol–water partition coefficient (Wildman–Crippen LogP) is 2.81. The van der Waals surface area contributed by atoms with Crippen LogP contribution in [-0.2, 0) is 4.79 Å². The summed E-state index contributed by atoms with van der Waals surface area (Å²) in [6.45, 7) is 0. The van der Waals surface area contributed by atoms with Gasteiger partial charge in [-0.15, -0.1) is 10.2 Å². The molecule has 0 amide bonds. The van der Waals surface area contributed by atoms with E-state index in [1.807, 2.05) is 0 Å². The van der Waals surface area contributed by atoms with E-state index in [1.165, 1.54) is 0 Å². The molecule has 0 aliphatic carbocycles. The molecular weight excluding hydrogens is 407 g/mol. The molecule has 0 radical (unpaired) electrons. The van der Waals surface area contributed by atoms with Crippen molar-refractivity contribution in [3.8, 4) is 11.4 Å². The molecule has 0 saturated heterocycles. The summed E-state index contributed by atoms with van der Waals surface area (Å²) >= 11 is 6.20. The van der Waals surface area contributed by atoms with Crippen LogP contribution < -0.4 is 5.43 Å². The summed E-state index contributed by atoms with van der Waals surface area (Å²) in [7, 11) is 0. The minimum absolute atomic E-state index is 0.202. The Bertz CT molecular complexity index is 1220. The summed E-state index contributed by atoms with van der Waals surface area (Å²) in [5.74, 6) is -2.41. The van der Waals surface area contributed by atoms with E-state index in [9.17, 15) is 18.0 Å². The molecule has 0 saturated carbocycles. The molecule has 9 nitrogen and oxygen atoms in total. The van der Waals surface area contributed by atoms with Gasteiger partial charge in [0.05, 0.1) is 15.8 Å². The zero-order valence-corrected chi connectivity index (χ0v) is 14.1. The van der Waals surface area contributed by atoms with Crippen molar-refractivity contribution in [3.05, 3.63) is 45.7 Å². The SMILES string of the molecule is O=C(O)C(F)(F)F.O=c1c2cccnc2oc2c(Cl)cc(-c3nn[nH]n3)cc12. The molecule has 0 atom stereocenters. The number of aliphatic carboxylic acids is 1. The van der Waals surface area contributed by atoms with Gasteiger partial charge in [-0.3, -0.25) is 4.79 Å². The average molecular weight is 414 g/mol. The van der Waals surface area contributed by atoms with Gasteiger partial charge < -0.3 is 9.52 Å². The van der Waals surface area contributed by atoms with Gasteiger partial charge in [0.15, 0.2) is 5.58 Å². The van der Waals surface area contributed by atoms with Crippen molar-refractivity contribution in [1.29, 1.82) is 0 Å². The van der Waals surface area contributed by atoms with Crippen LogP contribution in [0.3, 0.4) is 0 Å². The molecule has 4 rings (SSSR count). The molecule has 3 heterocycles. The van der Waals surface area contributed by atoms with Crippen LogP contribution in [-0.4, -0.2) is 42.9 Å². The Balaban J connectivity index is 0.000000279. The highest BCUT2D eigenvalue weighted by Gasteiger charge is 2.38. The maximum absolute atomic E-state index is 12.5. The second-order valence-electron chi connectivity index (χ2n) is 5.16. The number of hydrogen-bond acceptors (Lipinski definition) is 7. The van der Waals surface area contributed by atoms with Crippen molar-refractivity contribution in [2.45, 2.75) is 6.18 Å². The quantitative estimate of drug-likeness (QED) is 0.455. The summed E-state index contributed by atoms with van der Waals surface area (Å²) in [6.07, 6.45) is -3.53. The number of rotatable bonds is 1. The minimum atomic E-state index is -5.08. The van der Waals surface area contributed by atoms with Gasteiger partial charge in [-0.2, -0.15) is 18.4 Å². The van der Waals surface area contributed by atoms with Crippen LogP contribution in [0.4, 0.5) is 13.2 Å². The lowest BCUT2D eigenvalue weighted by atomic mass is 10.1. The van der Waals surface area contributed by atoms with E-state index in [-0.39, 0.29) is 16.2 Å². The Morgan fingerprint density at radius 3 is 2.57 bits per heavy atom. The third-order valence-corrected chi connectivity index (χ3v) is 3.63. The molecule has 0 fully saturated rings. The Morgan fingerprint density at radius 2 is 1.96 bits per heavy atom. The standard InChI is InChI=1S/C13H6ClN5O2.C2HF3O2/c14-9-5-6(12-16-18-19-17-12)4-8-10(20)7-2-1-3-15-13(7)21-11(8)9;3-2(4,5)1(6)7/h1-5H,(H,16,17,18,19);(H,6,7). The van der Waals surface area contributed by atoms with Crippen molar-refractivity contribution in [2.75, 3.05) is 0 Å². The van der Waals surface area contributed by atoms with Crippen molar-refractivity contribution in [3.63, 3.8) is 0 Å². The summed E-state index contributed by atoms with van der Waals surface area (Å²) in [5.41, 5.74) is 0.924. The topological polar surface area (TPSA) is 135 Å². The van der Waals surface area contributed by atoms with E-state index in [1.54, 1.807) is 30.5 Å². The van der Waals surface area contributed by atoms with E-state index in [0.29, 0.717) is 27.7 Å². The second kappa shape index (κ2) is 7.23. The number of H-pyrrole nitrogens is 1. The average Bonchev–Trinajstić information content (AvgIpc) is 3.17. The smallest absolute Gasteiger partial charge is 0.475 e. The number of nitrogens with one attached hydrogen (secondary N) is 1.